The lowest BCUT2D eigenvalue weighted by molar-refractivity contribution is -0.118. The Morgan fingerprint density at radius 2 is 1.73 bits per heavy atom. The van der Waals surface area contributed by atoms with E-state index in [0.717, 1.165) is 0 Å². The van der Waals surface area contributed by atoms with Gasteiger partial charge in [0.1, 0.15) is 18.3 Å². The zero-order valence-corrected chi connectivity index (χ0v) is 29.2. The minimum absolute atomic E-state index is 0.0299. The number of aliphatic hydroxyl groups is 1. The highest BCUT2D eigenvalue weighted by Gasteiger charge is 2.54. The summed E-state index contributed by atoms with van der Waals surface area (Å²) < 4.78 is 22.3. The van der Waals surface area contributed by atoms with Crippen molar-refractivity contribution < 1.29 is 23.5 Å². The van der Waals surface area contributed by atoms with Crippen molar-refractivity contribution in [1.82, 2.24) is 19.5 Å². The minimum atomic E-state index is -2.38. The standard InChI is InChI=1S/C28H51N5O6Si2/c1-16(2)22(35)31-25-30-21-18(23(36)32-25)29-15-33(21)24-20(39-41(12,13)28(9,10)11)19(17(14-34)37-24)38-40(26(3,4)5)27(6,7)8/h15-17,19-20,24,34,40H,14H2,1-13H3,(H2,30,31,32,35,36)/t17-,19?,20?,24-/m1/s1. The Labute approximate surface area is 246 Å². The Balaban J connectivity index is 2.17. The molecule has 2 aromatic heterocycles. The van der Waals surface area contributed by atoms with Gasteiger partial charge in [-0.25, -0.2) is 4.98 Å². The number of carbonyl (C=O) groups is 1. The Hall–Kier alpha value is -1.91. The van der Waals surface area contributed by atoms with Crippen LogP contribution in [0, 0.1) is 5.92 Å². The largest absolute Gasteiger partial charge is 0.411 e. The lowest BCUT2D eigenvalue weighted by Gasteiger charge is -2.44. The van der Waals surface area contributed by atoms with Crippen molar-refractivity contribution in [2.75, 3.05) is 11.9 Å². The van der Waals surface area contributed by atoms with Crippen molar-refractivity contribution in [2.24, 2.45) is 5.92 Å². The van der Waals surface area contributed by atoms with Crippen LogP contribution in [0.1, 0.15) is 82.4 Å². The van der Waals surface area contributed by atoms with Crippen molar-refractivity contribution in [3.63, 3.8) is 0 Å². The summed E-state index contributed by atoms with van der Waals surface area (Å²) >= 11 is 0. The number of H-pyrrole nitrogens is 1. The maximum Gasteiger partial charge on any atom is 0.280 e. The molecule has 41 heavy (non-hydrogen) atoms. The zero-order valence-electron chi connectivity index (χ0n) is 27.1. The van der Waals surface area contributed by atoms with Gasteiger partial charge in [0, 0.05) is 5.92 Å². The van der Waals surface area contributed by atoms with E-state index in [1.165, 1.54) is 6.33 Å². The van der Waals surface area contributed by atoms with Crippen LogP contribution >= 0.6 is 0 Å². The number of fused-ring (bicyclic) bond motifs is 1. The molecule has 232 valence electrons. The highest BCUT2D eigenvalue weighted by atomic mass is 28.4. The number of carbonyl (C=O) groups excluding carboxylic acids is 1. The summed E-state index contributed by atoms with van der Waals surface area (Å²) in [4.78, 5) is 36.8. The fourth-order valence-electron chi connectivity index (χ4n) is 5.18. The van der Waals surface area contributed by atoms with E-state index < -0.39 is 47.5 Å². The number of hydrogen-bond acceptors (Lipinski definition) is 8. The van der Waals surface area contributed by atoms with Crippen LogP contribution in [0.3, 0.4) is 0 Å². The number of aromatic amines is 1. The average Bonchev–Trinajstić information content (AvgIpc) is 3.36. The Morgan fingerprint density at radius 1 is 1.15 bits per heavy atom. The molecular weight excluding hydrogens is 559 g/mol. The van der Waals surface area contributed by atoms with E-state index in [1.807, 2.05) is 0 Å². The SMILES string of the molecule is CC(C)C(=O)Nc1nc2c(ncn2[C@@H]2O[C@H](CO)C(O[SiH](C(C)(C)C)C(C)(C)C)C2O[Si](C)(C)C(C)(C)C)c(=O)[nH]1. The molecule has 0 bridgehead atoms. The van der Waals surface area contributed by atoms with Gasteiger partial charge in [-0.2, -0.15) is 4.98 Å². The van der Waals surface area contributed by atoms with E-state index in [-0.39, 0.29) is 50.7 Å². The Kier molecular flexibility index (Phi) is 9.54. The van der Waals surface area contributed by atoms with Gasteiger partial charge in [-0.1, -0.05) is 76.2 Å². The monoisotopic (exact) mass is 609 g/mol. The third kappa shape index (κ3) is 7.19. The second-order valence-electron chi connectivity index (χ2n) is 15.2. The highest BCUT2D eigenvalue weighted by Crippen LogP contribution is 2.47. The van der Waals surface area contributed by atoms with Crippen LogP contribution in [0.25, 0.3) is 11.2 Å². The summed E-state index contributed by atoms with van der Waals surface area (Å²) in [5, 5.41) is 12.9. The van der Waals surface area contributed by atoms with Crippen LogP contribution in [-0.4, -0.2) is 72.8 Å². The van der Waals surface area contributed by atoms with Crippen LogP contribution in [0.15, 0.2) is 11.1 Å². The molecule has 13 heteroatoms. The second-order valence-corrected chi connectivity index (χ2v) is 24.4. The van der Waals surface area contributed by atoms with Crippen LogP contribution < -0.4 is 10.9 Å². The van der Waals surface area contributed by atoms with Gasteiger partial charge in [-0.05, 0) is 28.2 Å². The number of nitrogens with one attached hydrogen (secondary N) is 2. The smallest absolute Gasteiger partial charge is 0.280 e. The van der Waals surface area contributed by atoms with Crippen molar-refractivity contribution in [2.45, 2.75) is 129 Å². The summed E-state index contributed by atoms with van der Waals surface area (Å²) in [6, 6.07) is 0. The van der Waals surface area contributed by atoms with Crippen LogP contribution in [-0.2, 0) is 18.4 Å². The molecule has 3 rings (SSSR count). The molecule has 3 N–H and O–H groups in total. The number of nitrogens with zero attached hydrogens (tertiary/aromatic N) is 3. The third-order valence-electron chi connectivity index (χ3n) is 8.04. The van der Waals surface area contributed by atoms with Crippen LogP contribution in [0.4, 0.5) is 5.95 Å². The highest BCUT2D eigenvalue weighted by molar-refractivity contribution is 6.74. The summed E-state index contributed by atoms with van der Waals surface area (Å²) in [6.07, 6.45) is -1.07. The van der Waals surface area contributed by atoms with Crippen LogP contribution in [0.5, 0.6) is 0 Å². The molecule has 0 aromatic carbocycles. The number of imidazole rings is 1. The van der Waals surface area contributed by atoms with E-state index in [9.17, 15) is 14.7 Å². The predicted molar refractivity (Wildman–Crippen MR) is 166 cm³/mol. The van der Waals surface area contributed by atoms with Crippen molar-refractivity contribution >= 4 is 40.4 Å². The first-order valence-electron chi connectivity index (χ1n) is 14.5. The molecule has 1 aliphatic rings. The molecule has 4 atom stereocenters. The topological polar surface area (TPSA) is 141 Å². The Bertz CT molecular complexity index is 1270. The summed E-state index contributed by atoms with van der Waals surface area (Å²) in [5.74, 6) is -0.543. The first kappa shape index (κ1) is 33.6. The van der Waals surface area contributed by atoms with E-state index in [0.29, 0.717) is 0 Å². The number of hydrogen-bond donors (Lipinski definition) is 3. The normalized spacial score (nSPS) is 22.7. The van der Waals surface area contributed by atoms with Crippen molar-refractivity contribution in [3.05, 3.63) is 16.7 Å². The zero-order chi connectivity index (χ0) is 31.3. The maximum absolute atomic E-state index is 12.9. The average molecular weight is 610 g/mol. The molecule has 0 radical (unpaired) electrons. The summed E-state index contributed by atoms with van der Waals surface area (Å²) in [7, 11) is -4.34. The van der Waals surface area contributed by atoms with Gasteiger partial charge in [0.2, 0.25) is 11.9 Å². The first-order chi connectivity index (χ1) is 18.6. The molecule has 1 fully saturated rings. The summed E-state index contributed by atoms with van der Waals surface area (Å²) in [5.41, 5.74) is -0.115. The van der Waals surface area contributed by atoms with Gasteiger partial charge >= 0.3 is 0 Å². The van der Waals surface area contributed by atoms with Gasteiger partial charge in [-0.15, -0.1) is 0 Å². The van der Waals surface area contributed by atoms with E-state index >= 15 is 0 Å². The molecule has 2 unspecified atom stereocenters. The first-order valence-corrected chi connectivity index (χ1v) is 19.0. The molecule has 3 heterocycles. The third-order valence-corrected chi connectivity index (χ3v) is 16.2. The molecule has 0 aliphatic carbocycles. The van der Waals surface area contributed by atoms with Crippen molar-refractivity contribution in [1.29, 1.82) is 0 Å². The van der Waals surface area contributed by atoms with Crippen LogP contribution in [0.2, 0.25) is 28.2 Å². The number of anilines is 1. The second kappa shape index (κ2) is 11.6. The number of rotatable bonds is 8. The molecule has 1 saturated heterocycles. The number of ether oxygens (including phenoxy) is 1. The molecule has 0 saturated carbocycles. The molecule has 1 amide bonds. The van der Waals surface area contributed by atoms with E-state index in [2.05, 4.69) is 95.7 Å². The van der Waals surface area contributed by atoms with Gasteiger partial charge in [0.05, 0.1) is 12.9 Å². The molecule has 11 nitrogen and oxygen atoms in total. The number of aliphatic hydroxyl groups excluding tert-OH is 1. The van der Waals surface area contributed by atoms with E-state index in [1.54, 1.807) is 18.4 Å². The maximum atomic E-state index is 12.9. The van der Waals surface area contributed by atoms with E-state index in [4.69, 9.17) is 13.6 Å². The molecule has 1 aliphatic heterocycles. The van der Waals surface area contributed by atoms with Gasteiger partial charge in [0.25, 0.3) is 5.56 Å². The van der Waals surface area contributed by atoms with Crippen molar-refractivity contribution in [3.8, 4) is 0 Å². The lowest BCUT2D eigenvalue weighted by atomic mass is 10.1. The van der Waals surface area contributed by atoms with Gasteiger partial charge in [-0.3, -0.25) is 24.5 Å². The fourth-order valence-corrected chi connectivity index (χ4v) is 10.5. The Morgan fingerprint density at radius 3 is 2.22 bits per heavy atom. The molecule has 0 spiro atoms. The van der Waals surface area contributed by atoms with Gasteiger partial charge < -0.3 is 18.7 Å². The number of aromatic nitrogens is 4. The fraction of sp³-hybridized carbons (Fsp3) is 0.786. The number of amides is 1. The minimum Gasteiger partial charge on any atom is -0.411 e. The quantitative estimate of drug-likeness (QED) is 0.366. The molecular formula is C28H51N5O6Si2. The lowest BCUT2D eigenvalue weighted by Crippen LogP contribution is -2.52. The summed E-state index contributed by atoms with van der Waals surface area (Å²) in [6.45, 7) is 27.3. The molecule has 2 aromatic rings. The predicted octanol–water partition coefficient (Wildman–Crippen LogP) is 4.70. The van der Waals surface area contributed by atoms with Gasteiger partial charge in [0.15, 0.2) is 34.7 Å².